The summed E-state index contributed by atoms with van der Waals surface area (Å²) in [6.07, 6.45) is 1.52. The van der Waals surface area contributed by atoms with Crippen LogP contribution in [0.25, 0.3) is 0 Å². The molecule has 6 heteroatoms. The molecular weight excluding hydrogens is 230 g/mol. The van der Waals surface area contributed by atoms with Crippen LogP contribution in [-0.2, 0) is 12.8 Å². The van der Waals surface area contributed by atoms with Crippen LogP contribution in [0.2, 0.25) is 0 Å². The lowest BCUT2D eigenvalue weighted by molar-refractivity contribution is 0.303. The number of aliphatic hydroxyl groups is 1. The van der Waals surface area contributed by atoms with Gasteiger partial charge in [0.2, 0.25) is 0 Å². The van der Waals surface area contributed by atoms with Crippen LogP contribution in [-0.4, -0.2) is 41.3 Å². The molecule has 0 fully saturated rings. The van der Waals surface area contributed by atoms with E-state index in [2.05, 4.69) is 10.2 Å². The van der Waals surface area contributed by atoms with Gasteiger partial charge in [-0.25, -0.2) is 0 Å². The normalized spacial score (nSPS) is 10.4. The van der Waals surface area contributed by atoms with E-state index in [0.717, 1.165) is 24.1 Å². The van der Waals surface area contributed by atoms with Gasteiger partial charge in [-0.3, -0.25) is 5.41 Å². The number of likely N-dealkylation sites (N-methyl/N-ethyl adjacent to an activating group) is 1. The van der Waals surface area contributed by atoms with Crippen molar-refractivity contribution >= 4 is 11.7 Å². The molecule has 1 rings (SSSR count). The number of rotatable bonds is 6. The van der Waals surface area contributed by atoms with Gasteiger partial charge >= 0.3 is 0 Å². The zero-order chi connectivity index (χ0) is 13.7. The first-order chi connectivity index (χ1) is 8.56. The highest BCUT2D eigenvalue weighted by Crippen LogP contribution is 2.22. The molecule has 0 bridgehead atoms. The lowest BCUT2D eigenvalue weighted by Gasteiger charge is -2.22. The van der Waals surface area contributed by atoms with Crippen LogP contribution in [0.3, 0.4) is 0 Å². The molecule has 1 aromatic heterocycles. The number of nitrogens with one attached hydrogen (secondary N) is 1. The number of anilines is 1. The van der Waals surface area contributed by atoms with E-state index in [4.69, 9.17) is 16.2 Å². The fourth-order valence-electron chi connectivity index (χ4n) is 1.97. The Hall–Kier alpha value is -1.69. The first-order valence-corrected chi connectivity index (χ1v) is 6.11. The Bertz CT molecular complexity index is 433. The van der Waals surface area contributed by atoms with E-state index < -0.39 is 0 Å². The maximum absolute atomic E-state index is 8.98. The van der Waals surface area contributed by atoms with Crippen molar-refractivity contribution in [2.75, 3.05) is 25.1 Å². The Kier molecular flexibility index (Phi) is 5.03. The summed E-state index contributed by atoms with van der Waals surface area (Å²) in [7, 11) is 1.80. The van der Waals surface area contributed by atoms with Crippen LogP contribution in [0, 0.1) is 5.41 Å². The smallest absolute Gasteiger partial charge is 0.162 e. The largest absolute Gasteiger partial charge is 0.395 e. The number of hydrogen-bond donors (Lipinski definition) is 3. The molecule has 6 nitrogen and oxygen atoms in total. The standard InChI is InChI=1S/C12H21N5O/c1-4-8-9(5-2)15-16-12(10(8)11(13)14)17(3)6-7-18/h18H,4-7H2,1-3H3,(H3,13,14). The monoisotopic (exact) mass is 251 g/mol. The highest BCUT2D eigenvalue weighted by Gasteiger charge is 2.19. The summed E-state index contributed by atoms with van der Waals surface area (Å²) in [5.74, 6) is 0.557. The Morgan fingerprint density at radius 3 is 2.44 bits per heavy atom. The average Bonchev–Trinajstić information content (AvgIpc) is 2.36. The lowest BCUT2D eigenvalue weighted by Crippen LogP contribution is -2.28. The highest BCUT2D eigenvalue weighted by molar-refractivity contribution is 6.01. The predicted octanol–water partition coefficient (Wildman–Crippen LogP) is 0.314. The van der Waals surface area contributed by atoms with Crippen LogP contribution in [0.5, 0.6) is 0 Å². The molecule has 0 amide bonds. The van der Waals surface area contributed by atoms with Crippen LogP contribution < -0.4 is 10.6 Å². The van der Waals surface area contributed by atoms with Crippen molar-refractivity contribution in [3.8, 4) is 0 Å². The van der Waals surface area contributed by atoms with Gasteiger partial charge in [-0.15, -0.1) is 5.10 Å². The van der Waals surface area contributed by atoms with Crippen molar-refractivity contribution in [2.45, 2.75) is 26.7 Å². The SMILES string of the molecule is CCc1nnc(N(C)CCO)c(C(=N)N)c1CC. The van der Waals surface area contributed by atoms with Crippen molar-refractivity contribution in [3.63, 3.8) is 0 Å². The molecule has 0 saturated carbocycles. The van der Waals surface area contributed by atoms with Crippen molar-refractivity contribution < 1.29 is 5.11 Å². The number of aliphatic hydroxyl groups excluding tert-OH is 1. The van der Waals surface area contributed by atoms with Crippen LogP contribution in [0.1, 0.15) is 30.7 Å². The van der Waals surface area contributed by atoms with E-state index in [9.17, 15) is 0 Å². The first-order valence-electron chi connectivity index (χ1n) is 6.11. The van der Waals surface area contributed by atoms with E-state index in [-0.39, 0.29) is 12.4 Å². The molecule has 1 heterocycles. The maximum Gasteiger partial charge on any atom is 0.162 e. The zero-order valence-corrected chi connectivity index (χ0v) is 11.2. The molecule has 1 aromatic rings. The number of hydrogen-bond acceptors (Lipinski definition) is 5. The summed E-state index contributed by atoms with van der Waals surface area (Å²) in [4.78, 5) is 1.77. The van der Waals surface area contributed by atoms with Crippen LogP contribution in [0.4, 0.5) is 5.82 Å². The maximum atomic E-state index is 8.98. The van der Waals surface area contributed by atoms with Gasteiger partial charge in [-0.1, -0.05) is 13.8 Å². The Labute approximate surface area is 107 Å². The molecule has 0 aromatic carbocycles. The van der Waals surface area contributed by atoms with Crippen LogP contribution in [0.15, 0.2) is 0 Å². The average molecular weight is 251 g/mol. The Morgan fingerprint density at radius 2 is 2.00 bits per heavy atom. The molecule has 0 unspecified atom stereocenters. The fraction of sp³-hybridized carbons (Fsp3) is 0.583. The van der Waals surface area contributed by atoms with Crippen molar-refractivity contribution in [3.05, 3.63) is 16.8 Å². The molecule has 100 valence electrons. The summed E-state index contributed by atoms with van der Waals surface area (Å²) in [5, 5.41) is 25.0. The number of amidine groups is 1. The summed E-state index contributed by atoms with van der Waals surface area (Å²) in [6, 6.07) is 0. The van der Waals surface area contributed by atoms with Gasteiger partial charge in [0.1, 0.15) is 5.84 Å². The number of aromatic nitrogens is 2. The van der Waals surface area contributed by atoms with E-state index in [1.54, 1.807) is 11.9 Å². The quantitative estimate of drug-likeness (QED) is 0.499. The second-order valence-electron chi connectivity index (χ2n) is 4.09. The molecule has 0 saturated heterocycles. The number of nitrogen functional groups attached to an aromatic ring is 1. The summed E-state index contributed by atoms with van der Waals surface area (Å²) in [6.45, 7) is 4.47. The molecule has 0 aliphatic carbocycles. The van der Waals surface area contributed by atoms with Gasteiger partial charge in [0.15, 0.2) is 5.82 Å². The Balaban J connectivity index is 3.39. The minimum Gasteiger partial charge on any atom is -0.395 e. The first kappa shape index (κ1) is 14.4. The van der Waals surface area contributed by atoms with Gasteiger partial charge in [-0.2, -0.15) is 5.10 Å². The van der Waals surface area contributed by atoms with Gasteiger partial charge in [0, 0.05) is 13.6 Å². The highest BCUT2D eigenvalue weighted by atomic mass is 16.3. The minimum absolute atomic E-state index is 0.00348. The van der Waals surface area contributed by atoms with E-state index in [0.29, 0.717) is 17.9 Å². The van der Waals surface area contributed by atoms with Crippen molar-refractivity contribution in [1.29, 1.82) is 5.41 Å². The second-order valence-corrected chi connectivity index (χ2v) is 4.09. The zero-order valence-electron chi connectivity index (χ0n) is 11.2. The van der Waals surface area contributed by atoms with Crippen LogP contribution >= 0.6 is 0 Å². The Morgan fingerprint density at radius 1 is 1.33 bits per heavy atom. The number of nitrogens with zero attached hydrogens (tertiary/aromatic N) is 3. The third-order valence-corrected chi connectivity index (χ3v) is 2.89. The van der Waals surface area contributed by atoms with Crippen molar-refractivity contribution in [2.24, 2.45) is 5.73 Å². The molecule has 4 N–H and O–H groups in total. The van der Waals surface area contributed by atoms with Gasteiger partial charge in [0.25, 0.3) is 0 Å². The van der Waals surface area contributed by atoms with E-state index in [1.807, 2.05) is 13.8 Å². The minimum atomic E-state index is -0.00348. The van der Waals surface area contributed by atoms with Crippen molar-refractivity contribution in [1.82, 2.24) is 10.2 Å². The second kappa shape index (κ2) is 6.30. The molecule has 0 spiro atoms. The number of aryl methyl sites for hydroxylation is 1. The summed E-state index contributed by atoms with van der Waals surface area (Å²) in [5.41, 5.74) is 8.16. The molecule has 0 aliphatic heterocycles. The topological polar surface area (TPSA) is 99.1 Å². The summed E-state index contributed by atoms with van der Waals surface area (Å²) >= 11 is 0. The summed E-state index contributed by atoms with van der Waals surface area (Å²) < 4.78 is 0. The molecule has 0 aliphatic rings. The number of nitrogens with two attached hydrogens (primary N) is 1. The fourth-order valence-corrected chi connectivity index (χ4v) is 1.97. The predicted molar refractivity (Wildman–Crippen MR) is 72.2 cm³/mol. The molecule has 18 heavy (non-hydrogen) atoms. The molecule has 0 radical (unpaired) electrons. The molecular formula is C12H21N5O. The van der Waals surface area contributed by atoms with E-state index >= 15 is 0 Å². The van der Waals surface area contributed by atoms with Gasteiger partial charge < -0.3 is 15.7 Å². The third kappa shape index (κ3) is 2.76. The molecule has 0 atom stereocenters. The lowest BCUT2D eigenvalue weighted by atomic mass is 10.0. The van der Waals surface area contributed by atoms with Gasteiger partial charge in [-0.05, 0) is 18.4 Å². The van der Waals surface area contributed by atoms with Gasteiger partial charge in [0.05, 0.1) is 17.9 Å². The third-order valence-electron chi connectivity index (χ3n) is 2.89. The van der Waals surface area contributed by atoms with E-state index in [1.165, 1.54) is 0 Å².